The lowest BCUT2D eigenvalue weighted by molar-refractivity contribution is 0.497. The molecule has 1 saturated carbocycles. The van der Waals surface area contributed by atoms with E-state index < -0.39 is 11.6 Å². The molecule has 1 nitrogen and oxygen atoms in total. The number of nitrogens with two attached hydrogens (primary N) is 1. The van der Waals surface area contributed by atoms with E-state index >= 15 is 0 Å². The van der Waals surface area contributed by atoms with Crippen LogP contribution in [0, 0.1) is 17.6 Å². The molecule has 0 bridgehead atoms. The fourth-order valence-corrected chi connectivity index (χ4v) is 1.70. The molecule has 1 aliphatic carbocycles. The summed E-state index contributed by atoms with van der Waals surface area (Å²) in [6.07, 6.45) is 0.886. The molecule has 0 radical (unpaired) electrons. The molecule has 0 aliphatic heterocycles. The molecule has 0 unspecified atom stereocenters. The first kappa shape index (κ1) is 8.63. The minimum Gasteiger partial charge on any atom is -0.330 e. The van der Waals surface area contributed by atoms with Gasteiger partial charge in [-0.15, -0.1) is 0 Å². The van der Waals surface area contributed by atoms with Crippen molar-refractivity contribution in [2.24, 2.45) is 11.7 Å². The predicted molar refractivity (Wildman–Crippen MR) is 46.3 cm³/mol. The van der Waals surface area contributed by atoms with Gasteiger partial charge in [0, 0.05) is 0 Å². The minimum absolute atomic E-state index is 0.140. The van der Waals surface area contributed by atoms with Gasteiger partial charge in [0.2, 0.25) is 0 Å². The molecule has 2 atom stereocenters. The smallest absolute Gasteiger partial charge is 0.162 e. The van der Waals surface area contributed by atoms with Gasteiger partial charge in [-0.25, -0.2) is 8.78 Å². The Morgan fingerprint density at radius 2 is 2.15 bits per heavy atom. The van der Waals surface area contributed by atoms with E-state index in [0.29, 0.717) is 18.0 Å². The van der Waals surface area contributed by atoms with E-state index in [2.05, 4.69) is 0 Å². The zero-order valence-electron chi connectivity index (χ0n) is 7.13. The Hall–Kier alpha value is -0.960. The summed E-state index contributed by atoms with van der Waals surface area (Å²) in [4.78, 5) is 0. The quantitative estimate of drug-likeness (QED) is 0.745. The van der Waals surface area contributed by atoms with E-state index in [1.54, 1.807) is 12.1 Å². The predicted octanol–water partition coefficient (Wildman–Crippen LogP) is 2.03. The molecule has 2 rings (SSSR count). The summed E-state index contributed by atoms with van der Waals surface area (Å²) >= 11 is 0. The zero-order valence-corrected chi connectivity index (χ0v) is 7.13. The van der Waals surface area contributed by atoms with Gasteiger partial charge < -0.3 is 5.73 Å². The maximum Gasteiger partial charge on any atom is 0.162 e. The topological polar surface area (TPSA) is 26.0 Å². The summed E-state index contributed by atoms with van der Waals surface area (Å²) in [5, 5.41) is 0. The fraction of sp³-hybridized carbons (Fsp3) is 0.400. The van der Waals surface area contributed by atoms with Gasteiger partial charge in [-0.2, -0.15) is 0 Å². The van der Waals surface area contributed by atoms with Crippen LogP contribution in [0.2, 0.25) is 0 Å². The summed E-state index contributed by atoms with van der Waals surface area (Å²) in [7, 11) is 0. The van der Waals surface area contributed by atoms with Crippen LogP contribution in [0.3, 0.4) is 0 Å². The second kappa shape index (κ2) is 3.07. The maximum absolute atomic E-state index is 13.2. The average Bonchev–Trinajstić information content (AvgIpc) is 2.89. The minimum atomic E-state index is -0.764. The Labute approximate surface area is 75.6 Å². The first-order valence-electron chi connectivity index (χ1n) is 4.38. The zero-order chi connectivity index (χ0) is 9.42. The third kappa shape index (κ3) is 1.44. The van der Waals surface area contributed by atoms with Crippen LogP contribution in [0.4, 0.5) is 8.78 Å². The number of halogens is 2. The molecule has 1 fully saturated rings. The van der Waals surface area contributed by atoms with Gasteiger partial charge in [-0.3, -0.25) is 0 Å². The van der Waals surface area contributed by atoms with Gasteiger partial charge in [-0.05, 0) is 36.4 Å². The second-order valence-electron chi connectivity index (χ2n) is 3.48. The first-order valence-corrected chi connectivity index (χ1v) is 4.38. The highest BCUT2D eigenvalue weighted by Gasteiger charge is 2.38. The Morgan fingerprint density at radius 1 is 1.38 bits per heavy atom. The van der Waals surface area contributed by atoms with E-state index in [0.717, 1.165) is 12.5 Å². The summed E-state index contributed by atoms with van der Waals surface area (Å²) in [6.45, 7) is 0.556. The van der Waals surface area contributed by atoms with Crippen LogP contribution in [0.1, 0.15) is 17.9 Å². The standard InChI is InChI=1S/C10H11F2N/c11-9-3-1-2-7(10(9)12)8-4-6(8)5-13/h1-3,6,8H,4-5,13H2/t6-,8+/m0/s1. The van der Waals surface area contributed by atoms with Crippen LogP contribution < -0.4 is 5.73 Å². The molecule has 0 aromatic heterocycles. The Balaban J connectivity index is 2.27. The number of rotatable bonds is 2. The molecule has 2 N–H and O–H groups in total. The molecular weight excluding hydrogens is 172 g/mol. The molecule has 1 aromatic carbocycles. The molecule has 1 aromatic rings. The number of hydrogen-bond acceptors (Lipinski definition) is 1. The van der Waals surface area contributed by atoms with Crippen molar-refractivity contribution in [1.82, 2.24) is 0 Å². The molecule has 0 saturated heterocycles. The highest BCUT2D eigenvalue weighted by Crippen LogP contribution is 2.47. The van der Waals surface area contributed by atoms with Gasteiger partial charge in [-0.1, -0.05) is 12.1 Å². The van der Waals surface area contributed by atoms with E-state index in [-0.39, 0.29) is 5.92 Å². The monoisotopic (exact) mass is 183 g/mol. The summed E-state index contributed by atoms with van der Waals surface area (Å²) in [6, 6.07) is 4.32. The lowest BCUT2D eigenvalue weighted by Crippen LogP contribution is -2.03. The largest absolute Gasteiger partial charge is 0.330 e. The van der Waals surface area contributed by atoms with Gasteiger partial charge in [0.25, 0.3) is 0 Å². The van der Waals surface area contributed by atoms with Crippen molar-refractivity contribution in [3.8, 4) is 0 Å². The van der Waals surface area contributed by atoms with Crippen LogP contribution in [0.5, 0.6) is 0 Å². The van der Waals surface area contributed by atoms with Crippen LogP contribution in [-0.2, 0) is 0 Å². The molecule has 0 spiro atoms. The Bertz CT molecular complexity index is 325. The van der Waals surface area contributed by atoms with Crippen molar-refractivity contribution in [3.63, 3.8) is 0 Å². The molecule has 0 amide bonds. The number of hydrogen-bond donors (Lipinski definition) is 1. The summed E-state index contributed by atoms with van der Waals surface area (Å²) in [5.74, 6) is -0.986. The molecule has 13 heavy (non-hydrogen) atoms. The molecule has 70 valence electrons. The van der Waals surface area contributed by atoms with Crippen molar-refractivity contribution in [2.75, 3.05) is 6.54 Å². The highest BCUT2D eigenvalue weighted by molar-refractivity contribution is 5.28. The lowest BCUT2D eigenvalue weighted by atomic mass is 10.1. The van der Waals surface area contributed by atoms with Gasteiger partial charge >= 0.3 is 0 Å². The second-order valence-corrected chi connectivity index (χ2v) is 3.48. The van der Waals surface area contributed by atoms with Crippen LogP contribution in [0.15, 0.2) is 18.2 Å². The van der Waals surface area contributed by atoms with E-state index in [1.807, 2.05) is 0 Å². The SMILES string of the molecule is NC[C@@H]1C[C@H]1c1cccc(F)c1F. The lowest BCUT2D eigenvalue weighted by Gasteiger charge is -2.01. The summed E-state index contributed by atoms with van der Waals surface area (Å²) in [5.41, 5.74) is 5.92. The van der Waals surface area contributed by atoms with Crippen LogP contribution in [-0.4, -0.2) is 6.54 Å². The van der Waals surface area contributed by atoms with Crippen molar-refractivity contribution in [2.45, 2.75) is 12.3 Å². The van der Waals surface area contributed by atoms with Gasteiger partial charge in [0.05, 0.1) is 0 Å². The van der Waals surface area contributed by atoms with Crippen LogP contribution in [0.25, 0.3) is 0 Å². The van der Waals surface area contributed by atoms with E-state index in [9.17, 15) is 8.78 Å². The van der Waals surface area contributed by atoms with Crippen molar-refractivity contribution in [3.05, 3.63) is 35.4 Å². The molecule has 3 heteroatoms. The Morgan fingerprint density at radius 3 is 2.77 bits per heavy atom. The molecule has 0 heterocycles. The van der Waals surface area contributed by atoms with E-state index in [4.69, 9.17) is 5.73 Å². The normalized spacial score (nSPS) is 26.1. The number of benzene rings is 1. The Kier molecular flexibility index (Phi) is 2.04. The van der Waals surface area contributed by atoms with Gasteiger partial charge in [0.1, 0.15) is 0 Å². The third-order valence-corrected chi connectivity index (χ3v) is 2.61. The first-order chi connectivity index (χ1) is 6.24. The third-order valence-electron chi connectivity index (χ3n) is 2.61. The van der Waals surface area contributed by atoms with Crippen molar-refractivity contribution in [1.29, 1.82) is 0 Å². The van der Waals surface area contributed by atoms with E-state index in [1.165, 1.54) is 0 Å². The van der Waals surface area contributed by atoms with Crippen LogP contribution >= 0.6 is 0 Å². The van der Waals surface area contributed by atoms with Crippen molar-refractivity contribution >= 4 is 0 Å². The summed E-state index contributed by atoms with van der Waals surface area (Å²) < 4.78 is 26.0. The molecular formula is C10H11F2N. The fourth-order valence-electron chi connectivity index (χ4n) is 1.70. The van der Waals surface area contributed by atoms with Gasteiger partial charge in [0.15, 0.2) is 11.6 Å². The maximum atomic E-state index is 13.2. The highest BCUT2D eigenvalue weighted by atomic mass is 19.2. The van der Waals surface area contributed by atoms with Crippen molar-refractivity contribution < 1.29 is 8.78 Å². The molecule has 1 aliphatic rings. The average molecular weight is 183 g/mol.